The van der Waals surface area contributed by atoms with Crippen molar-refractivity contribution in [1.82, 2.24) is 31.5 Å². The summed E-state index contributed by atoms with van der Waals surface area (Å²) >= 11 is 0. The van der Waals surface area contributed by atoms with E-state index in [1.54, 1.807) is 68.4 Å². The summed E-state index contributed by atoms with van der Waals surface area (Å²) in [5.41, 5.74) is -4.47. The number of carbonyl (C=O) groups is 5. The van der Waals surface area contributed by atoms with Crippen LogP contribution in [0.3, 0.4) is 0 Å². The molecule has 28 nitrogen and oxygen atoms in total. The fourth-order valence-electron chi connectivity index (χ4n) is 8.30. The van der Waals surface area contributed by atoms with Crippen molar-refractivity contribution in [2.24, 2.45) is 0 Å². The van der Waals surface area contributed by atoms with Crippen LogP contribution in [0.2, 0.25) is 0 Å². The van der Waals surface area contributed by atoms with E-state index in [9.17, 15) is 64.7 Å². The molecule has 1 aliphatic carbocycles. The van der Waals surface area contributed by atoms with Crippen LogP contribution >= 0.6 is 0 Å². The number of hydrogen-bond donors (Lipinski definition) is 11. The number of hydrogen-bond acceptors (Lipinski definition) is 22. The van der Waals surface area contributed by atoms with E-state index in [2.05, 4.69) is 26.6 Å². The van der Waals surface area contributed by atoms with Gasteiger partial charge in [0.05, 0.1) is 55.0 Å². The maximum Gasteiger partial charge on any atom is 0.410 e. The molecule has 0 bridgehead atoms. The average molecular weight is 1100 g/mol. The van der Waals surface area contributed by atoms with E-state index < -0.39 is 144 Å². The zero-order chi connectivity index (χ0) is 57.8. The minimum absolute atomic E-state index is 0.0819. The largest absolute Gasteiger partial charge is 0.466 e. The van der Waals surface area contributed by atoms with Crippen molar-refractivity contribution in [2.45, 2.75) is 191 Å². The molecule has 1 aromatic rings. The molecule has 2 heterocycles. The van der Waals surface area contributed by atoms with Gasteiger partial charge < -0.3 is 100 Å². The first kappa shape index (κ1) is 63.8. The number of ether oxygens (including phenoxy) is 8. The van der Waals surface area contributed by atoms with Crippen LogP contribution in [0.5, 0.6) is 0 Å². The van der Waals surface area contributed by atoms with Crippen LogP contribution in [0.1, 0.15) is 94.1 Å². The summed E-state index contributed by atoms with van der Waals surface area (Å²) in [4.78, 5) is 77.4. The number of carbonyl (C=O) groups excluding carboxylic acids is 5. The van der Waals surface area contributed by atoms with E-state index >= 15 is 0 Å². The molecule has 2 aliphatic heterocycles. The zero-order valence-corrected chi connectivity index (χ0v) is 45.4. The molecule has 0 aromatic heterocycles. The first-order chi connectivity index (χ1) is 35.7. The number of likely N-dealkylation sites (N-methyl/N-ethyl adjacent to an activating group) is 1. The molecule has 4 rings (SSSR count). The van der Waals surface area contributed by atoms with Gasteiger partial charge in [-0.25, -0.2) is 19.2 Å². The second kappa shape index (κ2) is 27.3. The van der Waals surface area contributed by atoms with Gasteiger partial charge in [0.25, 0.3) is 5.69 Å². The molecular formula is C49H79N7O21. The molecule has 11 N–H and O–H groups in total. The lowest BCUT2D eigenvalue weighted by atomic mass is 9.82. The Morgan fingerprint density at radius 3 is 2.00 bits per heavy atom. The molecule has 28 heteroatoms. The van der Waals surface area contributed by atoms with Crippen molar-refractivity contribution in [3.05, 3.63) is 51.8 Å². The Labute approximate surface area is 446 Å². The van der Waals surface area contributed by atoms with Gasteiger partial charge in [0.2, 0.25) is 12.2 Å². The summed E-state index contributed by atoms with van der Waals surface area (Å²) in [6.45, 7) is 13.8. The Bertz CT molecular complexity index is 2180. The van der Waals surface area contributed by atoms with Crippen LogP contribution < -0.4 is 26.6 Å². The summed E-state index contributed by atoms with van der Waals surface area (Å²) < 4.78 is 46.6. The normalized spacial score (nSPS) is 27.5. The van der Waals surface area contributed by atoms with Gasteiger partial charge in [-0.05, 0) is 112 Å². The van der Waals surface area contributed by atoms with Crippen molar-refractivity contribution in [2.75, 3.05) is 39.9 Å². The van der Waals surface area contributed by atoms with E-state index in [4.69, 9.17) is 37.9 Å². The molecule has 1 saturated heterocycles. The number of non-ortho nitro benzene ring substituents is 1. The molecule has 0 spiro atoms. The van der Waals surface area contributed by atoms with Crippen LogP contribution in [-0.2, 0) is 49.3 Å². The molecule has 1 aromatic carbocycles. The summed E-state index contributed by atoms with van der Waals surface area (Å²) in [7, 11) is 1.28. The fraction of sp³-hybridized carbons (Fsp3) is 0.735. The van der Waals surface area contributed by atoms with Crippen molar-refractivity contribution in [3.8, 4) is 0 Å². The number of nitrogens with zero attached hydrogens (tertiary/aromatic N) is 2. The molecule has 0 radical (unpaired) electrons. The highest BCUT2D eigenvalue weighted by atomic mass is 16.7. The number of alkyl carbamates (subject to hydrolysis) is 3. The van der Waals surface area contributed by atoms with Crippen LogP contribution in [0.25, 0.3) is 0 Å². The van der Waals surface area contributed by atoms with Crippen LogP contribution in [-0.4, -0.2) is 206 Å². The third-order valence-corrected chi connectivity index (χ3v) is 11.8. The molecule has 5 amide bonds. The lowest BCUT2D eigenvalue weighted by Crippen LogP contribution is -2.71. The van der Waals surface area contributed by atoms with E-state index in [0.29, 0.717) is 5.56 Å². The topological polar surface area (TPSA) is 387 Å². The molecule has 13 atom stereocenters. The van der Waals surface area contributed by atoms with Gasteiger partial charge >= 0.3 is 24.4 Å². The van der Waals surface area contributed by atoms with Gasteiger partial charge in [-0.1, -0.05) is 0 Å². The van der Waals surface area contributed by atoms with Crippen molar-refractivity contribution >= 4 is 36.0 Å². The highest BCUT2D eigenvalue weighted by Gasteiger charge is 2.55. The highest BCUT2D eigenvalue weighted by Crippen LogP contribution is 2.35. The maximum atomic E-state index is 13.9. The number of rotatable bonds is 20. The summed E-state index contributed by atoms with van der Waals surface area (Å²) in [5, 5.41) is 91.4. The Morgan fingerprint density at radius 2 is 1.42 bits per heavy atom. The second-order valence-corrected chi connectivity index (χ2v) is 22.2. The summed E-state index contributed by atoms with van der Waals surface area (Å²) in [6, 6.07) is 0.294. The predicted octanol–water partition coefficient (Wildman–Crippen LogP) is 0.655. The minimum atomic E-state index is -1.96. The van der Waals surface area contributed by atoms with E-state index in [1.807, 2.05) is 0 Å². The summed E-state index contributed by atoms with van der Waals surface area (Å²) in [5.74, 6) is -0.910. The number of aliphatic hydroxyl groups is 6. The molecule has 3 aliphatic rings. The van der Waals surface area contributed by atoms with Crippen molar-refractivity contribution in [1.29, 1.82) is 0 Å². The third-order valence-electron chi connectivity index (χ3n) is 11.8. The third kappa shape index (κ3) is 20.2. The minimum Gasteiger partial charge on any atom is -0.466 e. The predicted molar refractivity (Wildman–Crippen MR) is 268 cm³/mol. The Hall–Kier alpha value is -5.69. The van der Waals surface area contributed by atoms with Crippen LogP contribution in [0, 0.1) is 10.1 Å². The second-order valence-electron chi connectivity index (χ2n) is 22.2. The lowest BCUT2D eigenvalue weighted by Gasteiger charge is -2.50. The van der Waals surface area contributed by atoms with Gasteiger partial charge in [-0.3, -0.25) is 14.9 Å². The zero-order valence-electron chi connectivity index (χ0n) is 45.4. The van der Waals surface area contributed by atoms with E-state index in [-0.39, 0.29) is 57.0 Å². The van der Waals surface area contributed by atoms with E-state index in [0.717, 1.165) is 4.90 Å². The smallest absolute Gasteiger partial charge is 0.410 e. The van der Waals surface area contributed by atoms with Gasteiger partial charge in [0, 0.05) is 32.3 Å². The number of nitro groups is 1. The molecule has 1 saturated carbocycles. The fourth-order valence-corrected chi connectivity index (χ4v) is 8.30. The van der Waals surface area contributed by atoms with Gasteiger partial charge in [-0.15, -0.1) is 0 Å². The standard InChI is InChI=1S/C49H79N7O21/c1-46(2,3)75-43(64)50-19-18-33(59)39(62)53-31-20-32(54-44(65)76-47(4,5)6)37(34(60)36(31)74-41-35(61)38(49(10,67)25-71-41)55(11)45(66)77-48(7,8)9)73-40-30(51-21-28(58)23-57)17-16-29(72-40)22-52-42(63)70-24-26-12-14-27(15-13-26)56(68)69/h12-16,28,30-38,40-41,51,57-61,67H,17-25H2,1-11H3,(H,50,64)(H,52,63)(H,53,62)(H,54,65)/t28?,30-,31-,32+,33+,34-,35-,36+,37-,38-,40-,41-,49+/m1/s1. The summed E-state index contributed by atoms with van der Waals surface area (Å²) in [6.07, 6.45) is -16.1. The number of benzene rings is 1. The molecule has 2 fully saturated rings. The van der Waals surface area contributed by atoms with Gasteiger partial charge in [-0.2, -0.15) is 0 Å². The molecular weight excluding hydrogens is 1020 g/mol. The Morgan fingerprint density at radius 1 is 0.831 bits per heavy atom. The van der Waals surface area contributed by atoms with Crippen molar-refractivity contribution in [3.63, 3.8) is 0 Å². The highest BCUT2D eigenvalue weighted by molar-refractivity contribution is 5.81. The number of aliphatic hydroxyl groups excluding tert-OH is 5. The SMILES string of the molecule is CN(C(=O)OC(C)(C)C)[C@@H]1[C@@H](O)[C@@H](O[C@@H]2[C@@H](O)[C@H](O[C@H]3OC(CNC(=O)OCc4ccc([N+](=O)[O-])cc4)=CC[C@H]3NCC(O)CO)[C@@H](NC(=O)OC(C)(C)C)C[C@H]2NC(=O)[C@@H](O)CCNC(=O)OC(C)(C)C)OC[C@]1(C)O. The van der Waals surface area contributed by atoms with Gasteiger partial charge in [0.15, 0.2) is 6.29 Å². The van der Waals surface area contributed by atoms with Crippen molar-refractivity contribution < 1.29 is 97.4 Å². The van der Waals surface area contributed by atoms with E-state index in [1.165, 1.54) is 38.2 Å². The van der Waals surface area contributed by atoms with Gasteiger partial charge in [0.1, 0.15) is 65.3 Å². The molecule has 1 unspecified atom stereocenters. The number of amides is 5. The van der Waals surface area contributed by atoms with Crippen LogP contribution in [0.4, 0.5) is 24.9 Å². The average Bonchev–Trinajstić information content (AvgIpc) is 3.30. The number of nitrogens with one attached hydrogen (secondary N) is 5. The quantitative estimate of drug-likeness (QED) is 0.0485. The number of nitro benzene ring substituents is 1. The first-order valence-corrected chi connectivity index (χ1v) is 25.1. The Kier molecular flexibility index (Phi) is 22.6. The lowest BCUT2D eigenvalue weighted by molar-refractivity contribution is -0.384. The first-order valence-electron chi connectivity index (χ1n) is 25.1. The van der Waals surface area contributed by atoms with Crippen LogP contribution in [0.15, 0.2) is 36.1 Å². The Balaban J connectivity index is 1.70. The monoisotopic (exact) mass is 1100 g/mol. The molecule has 436 valence electrons. The maximum absolute atomic E-state index is 13.9. The molecule has 77 heavy (non-hydrogen) atoms.